The van der Waals surface area contributed by atoms with Crippen LogP contribution in [0.5, 0.6) is 69.0 Å². The van der Waals surface area contributed by atoms with Crippen LogP contribution in [0.4, 0.5) is 4.79 Å². The molecule has 0 aromatic heterocycles. The number of aliphatic hydroxyl groups is 1. The molecule has 0 radical (unpaired) electrons. The maximum absolute atomic E-state index is 16.3. The summed E-state index contributed by atoms with van der Waals surface area (Å²) in [6.45, 7) is 10.4. The minimum atomic E-state index is -2.22. The molecule has 0 saturated carbocycles. The molecule has 116 heavy (non-hydrogen) atoms. The zero-order valence-corrected chi connectivity index (χ0v) is 66.0. The third-order valence-corrected chi connectivity index (χ3v) is 20.5. The lowest BCUT2D eigenvalue weighted by Crippen LogP contribution is -2.56. The number of carbonyl (C=O) groups is 8. The molecule has 8 amide bonds. The molecular weight excluding hydrogens is 1540 g/mol. The number of ether oxygens (including phenoxy) is 4. The van der Waals surface area contributed by atoms with E-state index in [1.54, 1.807) is 20.8 Å². The fraction of sp³-hybridized carbons (Fsp3) is 0.398. The lowest BCUT2D eigenvalue weighted by Gasteiger charge is -2.32. The van der Waals surface area contributed by atoms with Crippen molar-refractivity contribution in [1.82, 2.24) is 58.5 Å². The van der Waals surface area contributed by atoms with Gasteiger partial charge < -0.3 is 119 Å². The number of halogens is 2. The number of hydrogen-bond donors (Lipinski definition) is 19. The molecule has 33 heteroatoms. The first-order valence-electron chi connectivity index (χ1n) is 38.7. The van der Waals surface area contributed by atoms with Crippen molar-refractivity contribution in [2.75, 3.05) is 45.8 Å². The van der Waals surface area contributed by atoms with Gasteiger partial charge in [-0.3, -0.25) is 33.6 Å². The number of rotatable bonds is 24. The Morgan fingerprint density at radius 2 is 1.09 bits per heavy atom. The fourth-order valence-electron chi connectivity index (χ4n) is 14.0. The predicted molar refractivity (Wildman–Crippen MR) is 428 cm³/mol. The van der Waals surface area contributed by atoms with Crippen LogP contribution in [0.15, 0.2) is 109 Å². The van der Waals surface area contributed by atoms with E-state index in [4.69, 9.17) is 47.9 Å². The smallest absolute Gasteiger partial charge is 0.408 e. The van der Waals surface area contributed by atoms with Gasteiger partial charge in [0, 0.05) is 36.7 Å². The van der Waals surface area contributed by atoms with Gasteiger partial charge in [-0.05, 0) is 204 Å². The molecule has 6 aliphatic heterocycles. The summed E-state index contributed by atoms with van der Waals surface area (Å²) in [5.41, 5.74) is 2.75. The molecule has 6 heterocycles. The van der Waals surface area contributed by atoms with Gasteiger partial charge in [0.2, 0.25) is 47.1 Å². The molecule has 20 N–H and O–H groups in total. The lowest BCUT2D eigenvalue weighted by molar-refractivity contribution is -0.137. The van der Waals surface area contributed by atoms with E-state index in [0.717, 1.165) is 120 Å². The molecule has 8 atom stereocenters. The predicted octanol–water partition coefficient (Wildman–Crippen LogP) is 9.12. The quantitative estimate of drug-likeness (QED) is 0.0251. The Morgan fingerprint density at radius 3 is 1.76 bits per heavy atom. The maximum atomic E-state index is 16.3. The van der Waals surface area contributed by atoms with Crippen molar-refractivity contribution in [1.29, 1.82) is 0 Å². The number of nitrogens with two attached hydrogens (primary N) is 1. The Balaban J connectivity index is 1.06. The van der Waals surface area contributed by atoms with E-state index in [-0.39, 0.29) is 102 Å². The Hall–Kier alpha value is -11.3. The van der Waals surface area contributed by atoms with Gasteiger partial charge in [0.15, 0.2) is 23.0 Å². The highest BCUT2D eigenvalue weighted by molar-refractivity contribution is 6.32. The van der Waals surface area contributed by atoms with Gasteiger partial charge in [-0.1, -0.05) is 99.3 Å². The molecule has 1 unspecified atom stereocenters. The van der Waals surface area contributed by atoms with Gasteiger partial charge in [-0.15, -0.1) is 0 Å². The number of benzene rings is 7. The Kier molecular flexibility index (Phi) is 28.7. The highest BCUT2D eigenvalue weighted by atomic mass is 35.5. The number of phenols is 6. The Morgan fingerprint density at radius 1 is 0.517 bits per heavy atom. The summed E-state index contributed by atoms with van der Waals surface area (Å²) < 4.78 is 24.4. The Bertz CT molecular complexity index is 4810. The topological polar surface area (TPSA) is 473 Å². The lowest BCUT2D eigenvalue weighted by atomic mass is 9.87. The first kappa shape index (κ1) is 85.6. The normalized spacial score (nSPS) is 19.4. The van der Waals surface area contributed by atoms with Crippen LogP contribution in [0.1, 0.15) is 179 Å². The van der Waals surface area contributed by atoms with Crippen LogP contribution in [0.2, 0.25) is 10.0 Å². The molecule has 7 aromatic carbocycles. The van der Waals surface area contributed by atoms with Gasteiger partial charge >= 0.3 is 6.09 Å². The van der Waals surface area contributed by atoms with Gasteiger partial charge in [0.05, 0.1) is 15.6 Å². The minimum absolute atomic E-state index is 0.00304. The average Bonchev–Trinajstić information content (AvgIpc) is 0.754. The van der Waals surface area contributed by atoms with E-state index >= 15 is 28.8 Å². The van der Waals surface area contributed by atoms with Crippen LogP contribution in [-0.4, -0.2) is 147 Å². The van der Waals surface area contributed by atoms with Crippen molar-refractivity contribution >= 4 is 70.6 Å². The SMILES string of the molecule is CCCCCCCCCCNCc1c(O)cc2c(c1O)-c1cc(ccc1O)[C@@H]1NC(=O)[C@H]3NC(=O)[C@H]4NC(=O)[C@H](Cc5ccc(c(Cl)c5)Oc5cc3cc(c5O)Oc3ccc(cc3Cl)C(O)[C@H](NC1=O)C(=O)N[C@@H]2C(=O)NCCCNCCCNCCCN)NC(=O)[C@H](NC(=O)OC(C)(C)C)c1ccc(O)c(c1)Oc1cc(O)cc4c1. The average molecular weight is 1640 g/mol. The summed E-state index contributed by atoms with van der Waals surface area (Å²) >= 11 is 14.1. The van der Waals surface area contributed by atoms with E-state index in [1.165, 1.54) is 66.7 Å². The molecule has 618 valence electrons. The molecule has 13 rings (SSSR count). The fourth-order valence-corrected chi connectivity index (χ4v) is 14.4. The zero-order chi connectivity index (χ0) is 83.1. The van der Waals surface area contributed by atoms with Crippen molar-refractivity contribution in [3.05, 3.63) is 164 Å². The summed E-state index contributed by atoms with van der Waals surface area (Å²) in [5.74, 6) is -14.0. The van der Waals surface area contributed by atoms with Crippen molar-refractivity contribution in [3.8, 4) is 80.1 Å². The van der Waals surface area contributed by atoms with Gasteiger partial charge in [0.1, 0.15) is 94.2 Å². The number of aromatic hydroxyl groups is 6. The zero-order valence-electron chi connectivity index (χ0n) is 64.5. The third-order valence-electron chi connectivity index (χ3n) is 20.0. The number of amides is 8. The van der Waals surface area contributed by atoms with Crippen molar-refractivity contribution in [3.63, 3.8) is 0 Å². The molecular formula is C83H98Cl2N12O19. The van der Waals surface area contributed by atoms with Crippen LogP contribution in [0.25, 0.3) is 11.1 Å². The van der Waals surface area contributed by atoms with E-state index in [9.17, 15) is 45.3 Å². The first-order valence-corrected chi connectivity index (χ1v) is 39.5. The highest BCUT2D eigenvalue weighted by Gasteiger charge is 2.42. The number of unbranched alkanes of at least 4 members (excludes halogenated alkanes) is 7. The molecule has 17 bridgehead atoms. The summed E-state index contributed by atoms with van der Waals surface area (Å²) in [6, 6.07) is 7.81. The second-order valence-corrected chi connectivity index (χ2v) is 30.7. The van der Waals surface area contributed by atoms with E-state index < -0.39 is 154 Å². The summed E-state index contributed by atoms with van der Waals surface area (Å²) in [6.07, 6.45) is 6.56. The number of aliphatic hydroxyl groups excluding tert-OH is 1. The molecule has 0 aliphatic carbocycles. The van der Waals surface area contributed by atoms with Crippen LogP contribution < -0.4 is 78.4 Å². The van der Waals surface area contributed by atoms with E-state index in [2.05, 4.69) is 65.4 Å². The first-order chi connectivity index (χ1) is 55.6. The maximum Gasteiger partial charge on any atom is 0.408 e. The molecule has 0 spiro atoms. The highest BCUT2D eigenvalue weighted by Crippen LogP contribution is 2.49. The van der Waals surface area contributed by atoms with Crippen molar-refractivity contribution < 1.29 is 93.0 Å². The number of carbonyl (C=O) groups excluding carboxylic acids is 8. The number of alkyl carbamates (subject to hydrolysis) is 1. The number of nitrogens with one attached hydrogen (secondary N) is 11. The largest absolute Gasteiger partial charge is 0.508 e. The number of hydrogen-bond acceptors (Lipinski definition) is 23. The molecule has 7 aromatic rings. The van der Waals surface area contributed by atoms with Crippen molar-refractivity contribution in [2.24, 2.45) is 5.73 Å². The monoisotopic (exact) mass is 1640 g/mol. The second kappa shape index (κ2) is 38.9. The van der Waals surface area contributed by atoms with Crippen molar-refractivity contribution in [2.45, 2.75) is 165 Å². The summed E-state index contributed by atoms with van der Waals surface area (Å²) in [5, 5.41) is 116. The van der Waals surface area contributed by atoms with Gasteiger partial charge in [0.25, 0.3) is 0 Å². The van der Waals surface area contributed by atoms with Crippen LogP contribution in [0.3, 0.4) is 0 Å². The van der Waals surface area contributed by atoms with E-state index in [1.807, 2.05) is 0 Å². The second-order valence-electron chi connectivity index (χ2n) is 29.9. The van der Waals surface area contributed by atoms with Crippen LogP contribution >= 0.6 is 23.2 Å². The minimum Gasteiger partial charge on any atom is -0.508 e. The van der Waals surface area contributed by atoms with Crippen LogP contribution in [0, 0.1) is 0 Å². The van der Waals surface area contributed by atoms with Gasteiger partial charge in [-0.2, -0.15) is 0 Å². The molecule has 6 aliphatic rings. The van der Waals surface area contributed by atoms with E-state index in [0.29, 0.717) is 32.6 Å². The van der Waals surface area contributed by atoms with Gasteiger partial charge in [-0.25, -0.2) is 4.79 Å². The molecule has 0 saturated heterocycles. The third kappa shape index (κ3) is 21.4. The van der Waals surface area contributed by atoms with Crippen LogP contribution in [-0.2, 0) is 51.3 Å². The molecule has 0 fully saturated rings. The molecule has 31 nitrogen and oxygen atoms in total. The number of phenolic OH excluding ortho intramolecular Hbond substituents is 6. The standard InChI is InChI=1S/C83H98Cl2N12O19/c1-5-6-7-8-9-10-11-12-25-89-42-53-59(101)41-52-65(73(53)103)51-35-44(17-20-57(51)99)66-78(108)96-71(81(111)95-70(52)76(106)90-30-15-29-88-28-14-27-87-26-13-24-86)72(102)46-19-23-61(55(85)36-46)115-64-39-48-38-63(74(64)104)114-60-22-16-43(31-54(60)84)32-56-75(105)92-68(79(109)94-69(48)80(110)93-66)47-33-49(98)40-50(34-47)113-62-37-45(18-21-58(62)100)67(77(107)91-56)97-82(112)116-83(2,3)4/h16-23,31,33-41,56,66-72,87-89,98-104H,5-15,24-30,32,42,86H2,1-4H3,(H,90,106)(H,91,107)(H,92,105)(H,93,110)(H,94,109)(H,95,111)(H,96,108)(H,97,112)/t56-,66-,67+,68-,69-,70-,71-,72?/m0/s1. The Labute approximate surface area is 679 Å². The summed E-state index contributed by atoms with van der Waals surface area (Å²) in [7, 11) is 0. The number of fused-ring (bicyclic) bond motifs is 14. The summed E-state index contributed by atoms with van der Waals surface area (Å²) in [4.78, 5) is 123.